The SMILES string of the molecule is CCC(C)c1ccc(OCC(=O)Nc2ccccc2C(=O)N(C)C2CCCCC2)cc1. The summed E-state index contributed by atoms with van der Waals surface area (Å²) in [6, 6.07) is 15.3. The highest BCUT2D eigenvalue weighted by Gasteiger charge is 2.24. The summed E-state index contributed by atoms with van der Waals surface area (Å²) in [6.07, 6.45) is 6.73. The lowest BCUT2D eigenvalue weighted by atomic mass is 9.94. The van der Waals surface area contributed by atoms with Crippen LogP contribution in [0.25, 0.3) is 0 Å². The van der Waals surface area contributed by atoms with E-state index in [0.29, 0.717) is 22.9 Å². The molecular weight excluding hydrogens is 388 g/mol. The van der Waals surface area contributed by atoms with E-state index in [0.717, 1.165) is 32.1 Å². The summed E-state index contributed by atoms with van der Waals surface area (Å²) in [6.45, 7) is 4.24. The van der Waals surface area contributed by atoms with Crippen LogP contribution in [-0.4, -0.2) is 36.4 Å². The van der Waals surface area contributed by atoms with Crippen LogP contribution in [-0.2, 0) is 4.79 Å². The number of benzene rings is 2. The van der Waals surface area contributed by atoms with Crippen LogP contribution < -0.4 is 10.1 Å². The molecule has 1 saturated carbocycles. The van der Waals surface area contributed by atoms with Crippen molar-refractivity contribution in [2.24, 2.45) is 0 Å². The molecule has 1 N–H and O–H groups in total. The van der Waals surface area contributed by atoms with E-state index in [1.165, 1.54) is 12.0 Å². The van der Waals surface area contributed by atoms with Crippen molar-refractivity contribution in [3.8, 4) is 5.75 Å². The maximum Gasteiger partial charge on any atom is 0.262 e. The molecule has 0 aliphatic heterocycles. The number of hydrogen-bond acceptors (Lipinski definition) is 3. The summed E-state index contributed by atoms with van der Waals surface area (Å²) in [5.41, 5.74) is 2.30. The molecule has 0 saturated heterocycles. The van der Waals surface area contributed by atoms with Gasteiger partial charge in [-0.1, -0.05) is 57.4 Å². The van der Waals surface area contributed by atoms with E-state index in [1.54, 1.807) is 12.1 Å². The predicted molar refractivity (Wildman–Crippen MR) is 125 cm³/mol. The molecule has 31 heavy (non-hydrogen) atoms. The highest BCUT2D eigenvalue weighted by Crippen LogP contribution is 2.25. The van der Waals surface area contributed by atoms with Crippen LogP contribution in [0, 0.1) is 0 Å². The molecule has 1 unspecified atom stereocenters. The topological polar surface area (TPSA) is 58.6 Å². The third-order valence-corrected chi connectivity index (χ3v) is 6.31. The van der Waals surface area contributed by atoms with E-state index in [9.17, 15) is 9.59 Å². The van der Waals surface area contributed by atoms with Gasteiger partial charge in [-0.25, -0.2) is 0 Å². The number of rotatable bonds is 8. The zero-order valence-corrected chi connectivity index (χ0v) is 18.9. The van der Waals surface area contributed by atoms with Crippen molar-refractivity contribution in [1.29, 1.82) is 0 Å². The van der Waals surface area contributed by atoms with Gasteiger partial charge in [0.2, 0.25) is 0 Å². The molecular formula is C26H34N2O3. The first-order valence-electron chi connectivity index (χ1n) is 11.4. The van der Waals surface area contributed by atoms with Gasteiger partial charge in [0.1, 0.15) is 5.75 Å². The van der Waals surface area contributed by atoms with E-state index in [-0.39, 0.29) is 24.5 Å². The fraction of sp³-hybridized carbons (Fsp3) is 0.462. The number of nitrogens with zero attached hydrogens (tertiary/aromatic N) is 1. The molecule has 2 amide bonds. The van der Waals surface area contributed by atoms with Crippen LogP contribution in [0.3, 0.4) is 0 Å². The zero-order chi connectivity index (χ0) is 22.2. The van der Waals surface area contributed by atoms with Gasteiger partial charge >= 0.3 is 0 Å². The third kappa shape index (κ3) is 6.09. The molecule has 1 atom stereocenters. The molecule has 0 bridgehead atoms. The second-order valence-corrected chi connectivity index (χ2v) is 8.47. The lowest BCUT2D eigenvalue weighted by Crippen LogP contribution is -2.38. The number of nitrogens with one attached hydrogen (secondary N) is 1. The molecule has 166 valence electrons. The predicted octanol–water partition coefficient (Wildman–Crippen LogP) is 5.62. The highest BCUT2D eigenvalue weighted by molar-refractivity contribution is 6.04. The van der Waals surface area contributed by atoms with E-state index in [2.05, 4.69) is 19.2 Å². The van der Waals surface area contributed by atoms with Crippen LogP contribution in [0.4, 0.5) is 5.69 Å². The largest absolute Gasteiger partial charge is 0.484 e. The lowest BCUT2D eigenvalue weighted by Gasteiger charge is -2.31. The Morgan fingerprint density at radius 3 is 2.42 bits per heavy atom. The molecule has 0 spiro atoms. The maximum atomic E-state index is 13.1. The summed E-state index contributed by atoms with van der Waals surface area (Å²) < 4.78 is 5.64. The van der Waals surface area contributed by atoms with Crippen molar-refractivity contribution in [1.82, 2.24) is 4.90 Å². The Kier molecular flexibility index (Phi) is 8.10. The van der Waals surface area contributed by atoms with Crippen molar-refractivity contribution in [2.75, 3.05) is 19.0 Å². The Morgan fingerprint density at radius 1 is 1.06 bits per heavy atom. The molecule has 2 aromatic carbocycles. The Morgan fingerprint density at radius 2 is 1.74 bits per heavy atom. The molecule has 1 aliphatic rings. The average Bonchev–Trinajstić information content (AvgIpc) is 2.82. The molecule has 0 aromatic heterocycles. The fourth-order valence-electron chi connectivity index (χ4n) is 4.07. The summed E-state index contributed by atoms with van der Waals surface area (Å²) in [7, 11) is 1.86. The van der Waals surface area contributed by atoms with Gasteiger partial charge in [-0.15, -0.1) is 0 Å². The Hall–Kier alpha value is -2.82. The van der Waals surface area contributed by atoms with Gasteiger partial charge in [0.25, 0.3) is 11.8 Å². The average molecular weight is 423 g/mol. The van der Waals surface area contributed by atoms with Gasteiger partial charge in [0, 0.05) is 13.1 Å². The molecule has 3 rings (SSSR count). The van der Waals surface area contributed by atoms with Crippen LogP contribution in [0.5, 0.6) is 5.75 Å². The van der Waals surface area contributed by atoms with Crippen LogP contribution >= 0.6 is 0 Å². The highest BCUT2D eigenvalue weighted by atomic mass is 16.5. The first-order chi connectivity index (χ1) is 15.0. The van der Waals surface area contributed by atoms with E-state index < -0.39 is 0 Å². The second kappa shape index (κ2) is 11.0. The van der Waals surface area contributed by atoms with Gasteiger partial charge in [0.05, 0.1) is 11.3 Å². The number of anilines is 1. The van der Waals surface area contributed by atoms with Crippen molar-refractivity contribution >= 4 is 17.5 Å². The normalized spacial score (nSPS) is 15.2. The molecule has 1 fully saturated rings. The maximum absolute atomic E-state index is 13.1. The van der Waals surface area contributed by atoms with Crippen molar-refractivity contribution in [3.63, 3.8) is 0 Å². The van der Waals surface area contributed by atoms with E-state index in [1.807, 2.05) is 48.3 Å². The van der Waals surface area contributed by atoms with Gasteiger partial charge in [-0.3, -0.25) is 9.59 Å². The Balaban J connectivity index is 1.59. The first kappa shape index (κ1) is 22.9. The van der Waals surface area contributed by atoms with Gasteiger partial charge in [0.15, 0.2) is 6.61 Å². The minimum atomic E-state index is -0.286. The number of hydrogen-bond donors (Lipinski definition) is 1. The smallest absolute Gasteiger partial charge is 0.262 e. The molecule has 1 aliphatic carbocycles. The Bertz CT molecular complexity index is 872. The monoisotopic (exact) mass is 422 g/mol. The standard InChI is InChI=1S/C26H34N2O3/c1-4-19(2)20-14-16-22(17-15-20)31-18-25(29)27-24-13-9-8-12-23(24)26(30)28(3)21-10-6-5-7-11-21/h8-9,12-17,19,21H,4-7,10-11,18H2,1-3H3,(H,27,29). The van der Waals surface area contributed by atoms with Gasteiger partial charge in [-0.2, -0.15) is 0 Å². The summed E-state index contributed by atoms with van der Waals surface area (Å²) in [4.78, 5) is 27.4. The number of carbonyl (C=O) groups excluding carboxylic acids is 2. The molecule has 5 heteroatoms. The van der Waals surface area contributed by atoms with E-state index in [4.69, 9.17) is 4.74 Å². The minimum absolute atomic E-state index is 0.0515. The first-order valence-corrected chi connectivity index (χ1v) is 11.4. The number of ether oxygens (including phenoxy) is 1. The second-order valence-electron chi connectivity index (χ2n) is 8.47. The van der Waals surface area contributed by atoms with Crippen LogP contribution in [0.1, 0.15) is 74.2 Å². The quantitative estimate of drug-likeness (QED) is 0.600. The van der Waals surface area contributed by atoms with Crippen molar-refractivity contribution in [3.05, 3.63) is 59.7 Å². The number of carbonyl (C=O) groups is 2. The minimum Gasteiger partial charge on any atom is -0.484 e. The zero-order valence-electron chi connectivity index (χ0n) is 18.9. The molecule has 0 radical (unpaired) electrons. The summed E-state index contributed by atoms with van der Waals surface area (Å²) in [5, 5.41) is 2.85. The number of para-hydroxylation sites is 1. The van der Waals surface area contributed by atoms with E-state index >= 15 is 0 Å². The molecule has 2 aromatic rings. The number of amides is 2. The van der Waals surface area contributed by atoms with Crippen LogP contribution in [0.2, 0.25) is 0 Å². The van der Waals surface area contributed by atoms with Crippen molar-refractivity contribution < 1.29 is 14.3 Å². The van der Waals surface area contributed by atoms with Gasteiger partial charge < -0.3 is 15.0 Å². The van der Waals surface area contributed by atoms with Crippen molar-refractivity contribution in [2.45, 2.75) is 64.3 Å². The summed E-state index contributed by atoms with van der Waals surface area (Å²) in [5.74, 6) is 0.817. The lowest BCUT2D eigenvalue weighted by molar-refractivity contribution is -0.118. The van der Waals surface area contributed by atoms with Crippen LogP contribution in [0.15, 0.2) is 48.5 Å². The fourth-order valence-corrected chi connectivity index (χ4v) is 4.07. The third-order valence-electron chi connectivity index (χ3n) is 6.31. The molecule has 0 heterocycles. The molecule has 5 nitrogen and oxygen atoms in total. The Labute approximate surface area is 185 Å². The van der Waals surface area contributed by atoms with Gasteiger partial charge in [-0.05, 0) is 55.0 Å². The summed E-state index contributed by atoms with van der Waals surface area (Å²) >= 11 is 0.